The summed E-state index contributed by atoms with van der Waals surface area (Å²) >= 11 is 0. The van der Waals surface area contributed by atoms with Crippen molar-refractivity contribution < 1.29 is 22.0 Å². The zero-order valence-corrected chi connectivity index (χ0v) is 8.80. The van der Waals surface area contributed by atoms with Crippen molar-refractivity contribution in [3.8, 4) is 11.1 Å². The van der Waals surface area contributed by atoms with Gasteiger partial charge in [0.15, 0.2) is 0 Å². The molecule has 0 unspecified atom stereocenters. The van der Waals surface area contributed by atoms with Crippen molar-refractivity contribution in [3.63, 3.8) is 0 Å². The third-order valence-corrected chi connectivity index (χ3v) is 2.34. The molecule has 0 aliphatic rings. The van der Waals surface area contributed by atoms with E-state index in [-0.39, 0.29) is 11.1 Å². The number of aromatic nitrogens is 1. The highest BCUT2D eigenvalue weighted by Crippen LogP contribution is 2.37. The number of benzene rings is 1. The monoisotopic (exact) mass is 259 g/mol. The van der Waals surface area contributed by atoms with E-state index in [1.165, 1.54) is 12.1 Å². The van der Waals surface area contributed by atoms with Crippen LogP contribution >= 0.6 is 0 Å². The van der Waals surface area contributed by atoms with Gasteiger partial charge >= 0.3 is 6.18 Å². The summed E-state index contributed by atoms with van der Waals surface area (Å²) in [5.41, 5.74) is -1.74. The average molecular weight is 259 g/mol. The molecule has 0 amide bonds. The van der Waals surface area contributed by atoms with Crippen LogP contribution in [-0.2, 0) is 6.18 Å². The van der Waals surface area contributed by atoms with Crippen LogP contribution in [0.15, 0.2) is 36.4 Å². The quantitative estimate of drug-likeness (QED) is 0.556. The van der Waals surface area contributed by atoms with Crippen molar-refractivity contribution in [1.82, 2.24) is 4.98 Å². The van der Waals surface area contributed by atoms with E-state index >= 15 is 0 Å². The van der Waals surface area contributed by atoms with E-state index in [4.69, 9.17) is 0 Å². The highest BCUT2D eigenvalue weighted by Gasteiger charge is 2.33. The lowest BCUT2D eigenvalue weighted by Crippen LogP contribution is -2.07. The predicted octanol–water partition coefficient (Wildman–Crippen LogP) is 4.05. The van der Waals surface area contributed by atoms with Gasteiger partial charge in [-0.2, -0.15) is 26.9 Å². The standard InChI is InChI=1S/C12H6F5N/c13-10-6-5-8(11(14)18-10)7-3-1-2-4-9(7)12(15,16)17/h1-6H. The van der Waals surface area contributed by atoms with Crippen LogP contribution < -0.4 is 0 Å². The van der Waals surface area contributed by atoms with E-state index in [0.717, 1.165) is 24.3 Å². The highest BCUT2D eigenvalue weighted by molar-refractivity contribution is 5.67. The Morgan fingerprint density at radius 3 is 2.11 bits per heavy atom. The molecule has 94 valence electrons. The van der Waals surface area contributed by atoms with Gasteiger partial charge < -0.3 is 0 Å². The molecule has 0 fully saturated rings. The van der Waals surface area contributed by atoms with Crippen molar-refractivity contribution in [3.05, 3.63) is 53.9 Å². The molecule has 0 saturated carbocycles. The van der Waals surface area contributed by atoms with Crippen LogP contribution in [0.5, 0.6) is 0 Å². The minimum atomic E-state index is -4.61. The number of pyridine rings is 1. The van der Waals surface area contributed by atoms with Crippen LogP contribution in [0.2, 0.25) is 0 Å². The Balaban J connectivity index is 2.64. The summed E-state index contributed by atoms with van der Waals surface area (Å²) in [7, 11) is 0. The van der Waals surface area contributed by atoms with Gasteiger partial charge in [0.05, 0.1) is 5.56 Å². The molecule has 0 saturated heterocycles. The van der Waals surface area contributed by atoms with Crippen LogP contribution in [0.1, 0.15) is 5.56 Å². The fourth-order valence-corrected chi connectivity index (χ4v) is 1.58. The molecular weight excluding hydrogens is 253 g/mol. The second-order valence-corrected chi connectivity index (χ2v) is 3.52. The molecule has 0 bridgehead atoms. The first-order valence-electron chi connectivity index (χ1n) is 4.88. The Morgan fingerprint density at radius 2 is 1.50 bits per heavy atom. The van der Waals surface area contributed by atoms with Crippen LogP contribution in [0.3, 0.4) is 0 Å². The number of hydrogen-bond acceptors (Lipinski definition) is 1. The predicted molar refractivity (Wildman–Crippen MR) is 54.6 cm³/mol. The average Bonchev–Trinajstić information content (AvgIpc) is 2.28. The topological polar surface area (TPSA) is 12.9 Å². The maximum atomic E-state index is 13.4. The first-order chi connectivity index (χ1) is 8.39. The van der Waals surface area contributed by atoms with Crippen molar-refractivity contribution in [2.45, 2.75) is 6.18 Å². The molecule has 0 atom stereocenters. The lowest BCUT2D eigenvalue weighted by atomic mass is 10.0. The summed E-state index contributed by atoms with van der Waals surface area (Å²) in [5, 5.41) is 0. The van der Waals surface area contributed by atoms with Gasteiger partial charge in [-0.3, -0.25) is 0 Å². The van der Waals surface area contributed by atoms with Crippen LogP contribution in [0.4, 0.5) is 22.0 Å². The summed E-state index contributed by atoms with van der Waals surface area (Å²) in [6, 6.07) is 6.22. The first-order valence-corrected chi connectivity index (χ1v) is 4.88. The summed E-state index contributed by atoms with van der Waals surface area (Å²) < 4.78 is 64.2. The normalized spacial score (nSPS) is 11.6. The number of hydrogen-bond donors (Lipinski definition) is 0. The fraction of sp³-hybridized carbons (Fsp3) is 0.0833. The number of rotatable bonds is 1. The Hall–Kier alpha value is -1.98. The van der Waals surface area contributed by atoms with Crippen LogP contribution in [0.25, 0.3) is 11.1 Å². The Kier molecular flexibility index (Phi) is 3.02. The van der Waals surface area contributed by atoms with Gasteiger partial charge in [0.2, 0.25) is 11.9 Å². The first kappa shape index (κ1) is 12.5. The summed E-state index contributed by atoms with van der Waals surface area (Å²) in [4.78, 5) is 2.87. The Labute approximate surface area is 98.9 Å². The molecule has 0 aliphatic heterocycles. The van der Waals surface area contributed by atoms with E-state index in [9.17, 15) is 22.0 Å². The maximum absolute atomic E-state index is 13.4. The minimum absolute atomic E-state index is 0.366. The van der Waals surface area contributed by atoms with E-state index < -0.39 is 23.6 Å². The van der Waals surface area contributed by atoms with Gasteiger partial charge in [-0.1, -0.05) is 18.2 Å². The molecule has 1 aromatic carbocycles. The van der Waals surface area contributed by atoms with E-state index in [1.807, 2.05) is 0 Å². The maximum Gasteiger partial charge on any atom is 0.417 e. The minimum Gasteiger partial charge on any atom is -0.190 e. The van der Waals surface area contributed by atoms with Crippen molar-refractivity contribution in [2.24, 2.45) is 0 Å². The Bertz CT molecular complexity index is 577. The van der Waals surface area contributed by atoms with Crippen molar-refractivity contribution >= 4 is 0 Å². The summed E-state index contributed by atoms with van der Waals surface area (Å²) in [6.07, 6.45) is -4.61. The van der Waals surface area contributed by atoms with E-state index in [2.05, 4.69) is 4.98 Å². The van der Waals surface area contributed by atoms with Gasteiger partial charge in [-0.15, -0.1) is 0 Å². The van der Waals surface area contributed by atoms with Gasteiger partial charge in [0, 0.05) is 5.56 Å². The molecule has 2 rings (SSSR count). The number of halogens is 5. The third kappa shape index (κ3) is 2.32. The SMILES string of the molecule is Fc1ccc(-c2ccccc2C(F)(F)F)c(F)n1. The van der Waals surface area contributed by atoms with Gasteiger partial charge in [0.1, 0.15) is 0 Å². The van der Waals surface area contributed by atoms with Gasteiger partial charge in [0.25, 0.3) is 0 Å². The molecule has 18 heavy (non-hydrogen) atoms. The second kappa shape index (κ2) is 4.36. The zero-order chi connectivity index (χ0) is 13.3. The molecular formula is C12H6F5N. The molecule has 1 nitrogen and oxygen atoms in total. The molecule has 0 radical (unpaired) electrons. The Morgan fingerprint density at radius 1 is 0.833 bits per heavy atom. The summed E-state index contributed by atoms with van der Waals surface area (Å²) in [6.45, 7) is 0. The smallest absolute Gasteiger partial charge is 0.190 e. The molecule has 1 aromatic heterocycles. The van der Waals surface area contributed by atoms with E-state index in [1.54, 1.807) is 0 Å². The van der Waals surface area contributed by atoms with Gasteiger partial charge in [-0.25, -0.2) is 0 Å². The van der Waals surface area contributed by atoms with Crippen molar-refractivity contribution in [2.75, 3.05) is 0 Å². The van der Waals surface area contributed by atoms with Crippen LogP contribution in [0, 0.1) is 11.9 Å². The van der Waals surface area contributed by atoms with E-state index in [0.29, 0.717) is 0 Å². The molecule has 1 heterocycles. The molecule has 2 aromatic rings. The molecule has 0 aliphatic carbocycles. The molecule has 6 heteroatoms. The number of alkyl halides is 3. The molecule has 0 spiro atoms. The summed E-state index contributed by atoms with van der Waals surface area (Å²) in [5.74, 6) is -2.35. The van der Waals surface area contributed by atoms with Crippen LogP contribution in [-0.4, -0.2) is 4.98 Å². The molecule has 0 N–H and O–H groups in total. The lowest BCUT2D eigenvalue weighted by molar-refractivity contribution is -0.137. The largest absolute Gasteiger partial charge is 0.417 e. The zero-order valence-electron chi connectivity index (χ0n) is 8.80. The second-order valence-electron chi connectivity index (χ2n) is 3.52. The van der Waals surface area contributed by atoms with Gasteiger partial charge in [-0.05, 0) is 23.8 Å². The number of nitrogens with zero attached hydrogens (tertiary/aromatic N) is 1. The lowest BCUT2D eigenvalue weighted by Gasteiger charge is -2.12. The highest BCUT2D eigenvalue weighted by atomic mass is 19.4. The third-order valence-electron chi connectivity index (χ3n) is 2.34. The van der Waals surface area contributed by atoms with Crippen molar-refractivity contribution in [1.29, 1.82) is 0 Å². The fourth-order valence-electron chi connectivity index (χ4n) is 1.58.